The van der Waals surface area contributed by atoms with Gasteiger partial charge in [0.25, 0.3) is 0 Å². The molecular formula is C18H20N2O2. The van der Waals surface area contributed by atoms with Crippen LogP contribution in [-0.4, -0.2) is 17.5 Å². The van der Waals surface area contributed by atoms with Crippen LogP contribution in [0.1, 0.15) is 46.0 Å². The van der Waals surface area contributed by atoms with E-state index in [1.807, 2.05) is 0 Å². The minimum absolute atomic E-state index is 0.0284. The third-order valence-corrected chi connectivity index (χ3v) is 6.67. The van der Waals surface area contributed by atoms with Gasteiger partial charge in [-0.05, 0) is 45.4 Å². The Kier molecular flexibility index (Phi) is 2.67. The first-order valence-corrected chi connectivity index (χ1v) is 8.14. The van der Waals surface area contributed by atoms with Crippen LogP contribution in [-0.2, 0) is 9.53 Å². The van der Waals surface area contributed by atoms with Gasteiger partial charge in [-0.15, -0.1) is 0 Å². The quantitative estimate of drug-likeness (QED) is 0.644. The molecule has 0 unspecified atom stereocenters. The van der Waals surface area contributed by atoms with Crippen molar-refractivity contribution in [2.45, 2.75) is 57.7 Å². The van der Waals surface area contributed by atoms with E-state index in [1.54, 1.807) is 0 Å². The topological polar surface area (TPSA) is 73.9 Å². The van der Waals surface area contributed by atoms with Gasteiger partial charge in [-0.1, -0.05) is 11.1 Å². The van der Waals surface area contributed by atoms with Crippen molar-refractivity contribution in [3.8, 4) is 12.1 Å². The fourth-order valence-corrected chi connectivity index (χ4v) is 5.38. The highest BCUT2D eigenvalue weighted by Gasteiger charge is 2.69. The molecule has 114 valence electrons. The van der Waals surface area contributed by atoms with Gasteiger partial charge in [-0.25, -0.2) is 0 Å². The van der Waals surface area contributed by atoms with E-state index in [0.717, 1.165) is 19.3 Å². The maximum atomic E-state index is 13.2. The van der Waals surface area contributed by atoms with Gasteiger partial charge in [0.2, 0.25) is 0 Å². The van der Waals surface area contributed by atoms with Crippen LogP contribution in [0.5, 0.6) is 0 Å². The zero-order valence-corrected chi connectivity index (χ0v) is 13.1. The molecule has 5 atom stereocenters. The molecule has 4 aliphatic rings. The van der Waals surface area contributed by atoms with Crippen molar-refractivity contribution < 1.29 is 9.53 Å². The molecule has 0 radical (unpaired) electrons. The molecule has 4 heteroatoms. The molecule has 2 aliphatic carbocycles. The van der Waals surface area contributed by atoms with Crippen molar-refractivity contribution >= 4 is 5.78 Å². The first kappa shape index (κ1) is 14.0. The zero-order chi connectivity index (χ0) is 15.7. The molecule has 0 N–H and O–H groups in total. The highest BCUT2D eigenvalue weighted by molar-refractivity contribution is 5.92. The van der Waals surface area contributed by atoms with Crippen LogP contribution in [0.3, 0.4) is 0 Å². The number of fused-ring (bicyclic) bond motifs is 3. The van der Waals surface area contributed by atoms with E-state index in [1.165, 1.54) is 11.1 Å². The lowest BCUT2D eigenvalue weighted by atomic mass is 9.68. The zero-order valence-electron chi connectivity index (χ0n) is 13.1. The minimum Gasteiger partial charge on any atom is -0.363 e. The smallest absolute Gasteiger partial charge is 0.168 e. The van der Waals surface area contributed by atoms with Crippen molar-refractivity contribution in [2.75, 3.05) is 0 Å². The van der Waals surface area contributed by atoms with E-state index >= 15 is 0 Å². The number of hydrogen-bond acceptors (Lipinski definition) is 4. The Morgan fingerprint density at radius 3 is 2.55 bits per heavy atom. The largest absolute Gasteiger partial charge is 0.363 e. The van der Waals surface area contributed by atoms with E-state index in [-0.39, 0.29) is 30.1 Å². The Labute approximate surface area is 130 Å². The van der Waals surface area contributed by atoms with Crippen LogP contribution in [0.15, 0.2) is 11.1 Å². The summed E-state index contributed by atoms with van der Waals surface area (Å²) in [6.07, 6.45) is 3.52. The molecule has 1 spiro atoms. The second-order valence-corrected chi connectivity index (χ2v) is 7.77. The second kappa shape index (κ2) is 4.21. The van der Waals surface area contributed by atoms with E-state index in [4.69, 9.17) is 4.74 Å². The summed E-state index contributed by atoms with van der Waals surface area (Å²) in [5.74, 6) is 0.553. The van der Waals surface area contributed by atoms with Crippen LogP contribution in [0, 0.1) is 45.8 Å². The fraction of sp³-hybridized carbons (Fsp3) is 0.722. The molecule has 2 saturated heterocycles. The van der Waals surface area contributed by atoms with Gasteiger partial charge in [0.1, 0.15) is 11.0 Å². The van der Waals surface area contributed by atoms with Crippen LogP contribution < -0.4 is 0 Å². The number of ether oxygens (including phenoxy) is 1. The number of ketones is 1. The third-order valence-electron chi connectivity index (χ3n) is 6.67. The molecule has 3 fully saturated rings. The summed E-state index contributed by atoms with van der Waals surface area (Å²) in [6.45, 7) is 4.28. The van der Waals surface area contributed by atoms with Gasteiger partial charge in [0.15, 0.2) is 5.78 Å². The van der Waals surface area contributed by atoms with Crippen LogP contribution >= 0.6 is 0 Å². The Balaban J connectivity index is 1.74. The molecule has 4 nitrogen and oxygen atoms in total. The lowest BCUT2D eigenvalue weighted by Crippen LogP contribution is -2.53. The molecule has 0 aromatic carbocycles. The summed E-state index contributed by atoms with van der Waals surface area (Å²) < 4.78 is 6.26. The van der Waals surface area contributed by atoms with Crippen molar-refractivity contribution in [3.63, 3.8) is 0 Å². The highest BCUT2D eigenvalue weighted by atomic mass is 16.5. The summed E-state index contributed by atoms with van der Waals surface area (Å²) in [4.78, 5) is 13.2. The average molecular weight is 296 g/mol. The van der Waals surface area contributed by atoms with Gasteiger partial charge in [-0.3, -0.25) is 4.79 Å². The lowest BCUT2D eigenvalue weighted by molar-refractivity contribution is -0.171. The summed E-state index contributed by atoms with van der Waals surface area (Å²) >= 11 is 0. The molecule has 2 heterocycles. The first-order chi connectivity index (χ1) is 10.4. The van der Waals surface area contributed by atoms with Gasteiger partial charge in [-0.2, -0.15) is 10.5 Å². The number of hydrogen-bond donors (Lipinski definition) is 0. The SMILES string of the molecule is CC1=C(C)C[C@@H]2C(=O)[C@@]34CC(C#N)(C#N)C[C@@H]3C[C@H](O4)[C@@H]2C1. The van der Waals surface area contributed by atoms with Crippen molar-refractivity contribution in [3.05, 3.63) is 11.1 Å². The molecule has 22 heavy (non-hydrogen) atoms. The van der Waals surface area contributed by atoms with Gasteiger partial charge in [0.05, 0.1) is 18.2 Å². The third kappa shape index (κ3) is 1.52. The summed E-state index contributed by atoms with van der Waals surface area (Å²) in [6, 6.07) is 4.32. The number of Topliss-reactive ketones (excluding diaryl/α,β-unsaturated/α-hetero) is 1. The van der Waals surface area contributed by atoms with Gasteiger partial charge in [0, 0.05) is 18.3 Å². The fourth-order valence-electron chi connectivity index (χ4n) is 5.38. The number of nitriles is 2. The van der Waals surface area contributed by atoms with Crippen molar-refractivity contribution in [1.82, 2.24) is 0 Å². The Hall–Kier alpha value is -1.65. The molecule has 2 aliphatic heterocycles. The van der Waals surface area contributed by atoms with E-state index in [9.17, 15) is 15.3 Å². The number of carbonyl (C=O) groups excluding carboxylic acids is 1. The van der Waals surface area contributed by atoms with Crippen LogP contribution in [0.25, 0.3) is 0 Å². The predicted molar refractivity (Wildman–Crippen MR) is 78.2 cm³/mol. The molecule has 0 aromatic heterocycles. The Bertz CT molecular complexity index is 666. The molecule has 0 aromatic rings. The molecule has 0 amide bonds. The normalized spacial score (nSPS) is 45.0. The van der Waals surface area contributed by atoms with Crippen molar-refractivity contribution in [1.29, 1.82) is 10.5 Å². The maximum Gasteiger partial charge on any atom is 0.168 e. The molecule has 4 rings (SSSR count). The monoisotopic (exact) mass is 296 g/mol. The summed E-state index contributed by atoms with van der Waals surface area (Å²) in [5, 5.41) is 18.8. The summed E-state index contributed by atoms with van der Waals surface area (Å²) in [7, 11) is 0. The van der Waals surface area contributed by atoms with Gasteiger partial charge < -0.3 is 4.74 Å². The number of allylic oxidation sites excluding steroid dienone is 2. The molecular weight excluding hydrogens is 276 g/mol. The summed E-state index contributed by atoms with van der Waals surface area (Å²) in [5.41, 5.74) is 0.846. The van der Waals surface area contributed by atoms with E-state index in [0.29, 0.717) is 12.3 Å². The predicted octanol–water partition coefficient (Wildman–Crippen LogP) is 2.90. The van der Waals surface area contributed by atoms with Crippen LogP contribution in [0.2, 0.25) is 0 Å². The number of carbonyl (C=O) groups is 1. The van der Waals surface area contributed by atoms with Gasteiger partial charge >= 0.3 is 0 Å². The van der Waals surface area contributed by atoms with Crippen molar-refractivity contribution in [2.24, 2.45) is 23.2 Å². The first-order valence-electron chi connectivity index (χ1n) is 8.14. The van der Waals surface area contributed by atoms with Crippen LogP contribution in [0.4, 0.5) is 0 Å². The Morgan fingerprint density at radius 1 is 1.18 bits per heavy atom. The maximum absolute atomic E-state index is 13.2. The second-order valence-electron chi connectivity index (χ2n) is 7.77. The average Bonchev–Trinajstić information content (AvgIpc) is 2.98. The minimum atomic E-state index is -1.03. The Morgan fingerprint density at radius 2 is 1.86 bits per heavy atom. The lowest BCUT2D eigenvalue weighted by Gasteiger charge is -2.44. The number of nitrogens with zero attached hydrogens (tertiary/aromatic N) is 2. The van der Waals surface area contributed by atoms with E-state index < -0.39 is 11.0 Å². The number of rotatable bonds is 0. The highest BCUT2D eigenvalue weighted by Crippen LogP contribution is 2.62. The molecule has 2 bridgehead atoms. The standard InChI is InChI=1S/C18H20N2O2/c1-10-3-13-14(4-11(10)2)16(21)18-7-17(8-19,9-20)6-12(18)5-15(13)22-18/h12-15H,3-7H2,1-2H3/t12-,13+,14-,15-,18+/m0/s1. The molecule has 1 saturated carbocycles. The van der Waals surface area contributed by atoms with E-state index in [2.05, 4.69) is 26.0 Å².